The first-order chi connectivity index (χ1) is 10.6. The maximum absolute atomic E-state index is 12.0. The third-order valence-corrected chi connectivity index (χ3v) is 4.91. The SMILES string of the molecule is CCOC(=O)c1cnc(N[C@H]2C[C@H]3CC[C@@H]2C3)nc1C(C)C. The van der Waals surface area contributed by atoms with E-state index < -0.39 is 0 Å². The van der Waals surface area contributed by atoms with Crippen LogP contribution in [0.2, 0.25) is 0 Å². The van der Waals surface area contributed by atoms with Crippen molar-refractivity contribution in [2.24, 2.45) is 11.8 Å². The monoisotopic (exact) mass is 303 g/mol. The highest BCUT2D eigenvalue weighted by Gasteiger charge is 2.39. The molecule has 0 amide bonds. The largest absolute Gasteiger partial charge is 0.462 e. The molecule has 0 radical (unpaired) electrons. The van der Waals surface area contributed by atoms with Crippen LogP contribution in [-0.4, -0.2) is 28.6 Å². The minimum atomic E-state index is -0.335. The van der Waals surface area contributed by atoms with Gasteiger partial charge in [-0.2, -0.15) is 0 Å². The first kappa shape index (κ1) is 15.3. The molecule has 0 spiro atoms. The third-order valence-electron chi connectivity index (χ3n) is 4.91. The molecule has 22 heavy (non-hydrogen) atoms. The Morgan fingerprint density at radius 2 is 2.23 bits per heavy atom. The minimum absolute atomic E-state index is 0.156. The molecule has 2 saturated carbocycles. The molecule has 2 aliphatic carbocycles. The van der Waals surface area contributed by atoms with Gasteiger partial charge < -0.3 is 10.1 Å². The van der Waals surface area contributed by atoms with Crippen LogP contribution in [0.4, 0.5) is 5.95 Å². The molecular formula is C17H25N3O2. The Morgan fingerprint density at radius 3 is 2.82 bits per heavy atom. The Kier molecular flexibility index (Phi) is 4.32. The molecule has 2 aliphatic rings. The van der Waals surface area contributed by atoms with Gasteiger partial charge in [-0.3, -0.25) is 0 Å². The average Bonchev–Trinajstić information content (AvgIpc) is 3.10. The summed E-state index contributed by atoms with van der Waals surface area (Å²) in [4.78, 5) is 21.0. The molecule has 3 atom stereocenters. The Bertz CT molecular complexity index is 559. The molecular weight excluding hydrogens is 278 g/mol. The second-order valence-electron chi connectivity index (χ2n) is 6.79. The Labute approximate surface area is 131 Å². The first-order valence-electron chi connectivity index (χ1n) is 8.39. The smallest absolute Gasteiger partial charge is 0.341 e. The van der Waals surface area contributed by atoms with Crippen LogP contribution in [0, 0.1) is 11.8 Å². The van der Waals surface area contributed by atoms with Crippen molar-refractivity contribution < 1.29 is 9.53 Å². The number of esters is 1. The van der Waals surface area contributed by atoms with Crippen molar-refractivity contribution in [3.63, 3.8) is 0 Å². The Hall–Kier alpha value is -1.65. The number of anilines is 1. The van der Waals surface area contributed by atoms with Crippen LogP contribution in [0.15, 0.2) is 6.20 Å². The molecule has 2 fully saturated rings. The molecule has 120 valence electrons. The standard InChI is InChI=1S/C17H25N3O2/c1-4-22-16(21)13-9-18-17(20-15(13)10(2)3)19-14-8-11-5-6-12(14)7-11/h9-12,14H,4-8H2,1-3H3,(H,18,19,20)/t11-,12+,14-/m0/s1. The van der Waals surface area contributed by atoms with Crippen LogP contribution < -0.4 is 5.32 Å². The molecule has 2 bridgehead atoms. The molecule has 1 aromatic rings. The van der Waals surface area contributed by atoms with Crippen LogP contribution in [0.25, 0.3) is 0 Å². The summed E-state index contributed by atoms with van der Waals surface area (Å²) in [7, 11) is 0. The van der Waals surface area contributed by atoms with Crippen molar-refractivity contribution in [1.29, 1.82) is 0 Å². The van der Waals surface area contributed by atoms with E-state index in [0.717, 1.165) is 17.5 Å². The van der Waals surface area contributed by atoms with Crippen LogP contribution >= 0.6 is 0 Å². The molecule has 0 aromatic carbocycles. The van der Waals surface area contributed by atoms with E-state index in [1.807, 2.05) is 13.8 Å². The van der Waals surface area contributed by atoms with Crippen LogP contribution in [0.5, 0.6) is 0 Å². The molecule has 1 aromatic heterocycles. The summed E-state index contributed by atoms with van der Waals surface area (Å²) in [5.41, 5.74) is 1.24. The third kappa shape index (κ3) is 2.94. The van der Waals surface area contributed by atoms with E-state index in [-0.39, 0.29) is 11.9 Å². The van der Waals surface area contributed by atoms with Gasteiger partial charge >= 0.3 is 5.97 Å². The number of carbonyl (C=O) groups excluding carboxylic acids is 1. The molecule has 3 rings (SSSR count). The van der Waals surface area contributed by atoms with Gasteiger partial charge in [-0.1, -0.05) is 20.3 Å². The van der Waals surface area contributed by atoms with Crippen LogP contribution in [0.1, 0.15) is 68.4 Å². The van der Waals surface area contributed by atoms with Crippen molar-refractivity contribution in [2.75, 3.05) is 11.9 Å². The highest BCUT2D eigenvalue weighted by Crippen LogP contribution is 2.45. The predicted molar refractivity (Wildman–Crippen MR) is 84.9 cm³/mol. The Balaban J connectivity index is 1.78. The summed E-state index contributed by atoms with van der Waals surface area (Å²) in [6.07, 6.45) is 6.87. The zero-order valence-electron chi connectivity index (χ0n) is 13.6. The van der Waals surface area contributed by atoms with E-state index in [1.165, 1.54) is 25.7 Å². The second-order valence-corrected chi connectivity index (χ2v) is 6.79. The van der Waals surface area contributed by atoms with Gasteiger partial charge in [0, 0.05) is 12.2 Å². The number of ether oxygens (including phenoxy) is 1. The van der Waals surface area contributed by atoms with E-state index in [4.69, 9.17) is 4.74 Å². The number of nitrogens with zero attached hydrogens (tertiary/aromatic N) is 2. The number of aromatic nitrogens is 2. The summed E-state index contributed by atoms with van der Waals surface area (Å²) in [5, 5.41) is 3.49. The predicted octanol–water partition coefficient (Wildman–Crippen LogP) is 3.38. The fourth-order valence-corrected chi connectivity index (χ4v) is 3.86. The van der Waals surface area contributed by atoms with Gasteiger partial charge in [-0.05, 0) is 43.9 Å². The fourth-order valence-electron chi connectivity index (χ4n) is 3.86. The van der Waals surface area contributed by atoms with Gasteiger partial charge in [0.15, 0.2) is 0 Å². The topological polar surface area (TPSA) is 64.1 Å². The summed E-state index contributed by atoms with van der Waals surface area (Å²) in [6, 6.07) is 0.493. The van der Waals surface area contributed by atoms with E-state index in [9.17, 15) is 4.79 Å². The van der Waals surface area contributed by atoms with Gasteiger partial charge in [0.25, 0.3) is 0 Å². The summed E-state index contributed by atoms with van der Waals surface area (Å²) in [6.45, 7) is 6.24. The zero-order valence-corrected chi connectivity index (χ0v) is 13.6. The zero-order chi connectivity index (χ0) is 15.7. The van der Waals surface area contributed by atoms with Crippen molar-refractivity contribution in [3.05, 3.63) is 17.5 Å². The maximum Gasteiger partial charge on any atom is 0.341 e. The lowest BCUT2D eigenvalue weighted by atomic mass is 9.95. The number of carbonyl (C=O) groups is 1. The number of hydrogen-bond acceptors (Lipinski definition) is 5. The van der Waals surface area contributed by atoms with Gasteiger partial charge in [-0.15, -0.1) is 0 Å². The quantitative estimate of drug-likeness (QED) is 0.845. The van der Waals surface area contributed by atoms with Gasteiger partial charge in [-0.25, -0.2) is 14.8 Å². The molecule has 1 N–H and O–H groups in total. The van der Waals surface area contributed by atoms with Crippen LogP contribution in [0.3, 0.4) is 0 Å². The highest BCUT2D eigenvalue weighted by atomic mass is 16.5. The average molecular weight is 303 g/mol. The van der Waals surface area contributed by atoms with E-state index in [2.05, 4.69) is 15.3 Å². The van der Waals surface area contributed by atoms with Gasteiger partial charge in [0.1, 0.15) is 0 Å². The minimum Gasteiger partial charge on any atom is -0.462 e. The number of nitrogens with one attached hydrogen (secondary N) is 1. The van der Waals surface area contributed by atoms with Crippen molar-refractivity contribution in [3.8, 4) is 0 Å². The van der Waals surface area contributed by atoms with Crippen molar-refractivity contribution >= 4 is 11.9 Å². The van der Waals surface area contributed by atoms with Crippen LogP contribution in [-0.2, 0) is 4.74 Å². The van der Waals surface area contributed by atoms with Crippen molar-refractivity contribution in [1.82, 2.24) is 9.97 Å². The summed E-state index contributed by atoms with van der Waals surface area (Å²) < 4.78 is 5.09. The number of fused-ring (bicyclic) bond motifs is 2. The molecule has 5 heteroatoms. The van der Waals surface area contributed by atoms with Gasteiger partial charge in [0.05, 0.1) is 17.9 Å². The highest BCUT2D eigenvalue weighted by molar-refractivity contribution is 5.90. The molecule has 0 aliphatic heterocycles. The van der Waals surface area contributed by atoms with E-state index >= 15 is 0 Å². The van der Waals surface area contributed by atoms with Crippen molar-refractivity contribution in [2.45, 2.75) is 58.4 Å². The second kappa shape index (κ2) is 6.23. The molecule has 1 heterocycles. The fraction of sp³-hybridized carbons (Fsp3) is 0.706. The molecule has 0 unspecified atom stereocenters. The lowest BCUT2D eigenvalue weighted by molar-refractivity contribution is 0.0523. The Morgan fingerprint density at radius 1 is 1.41 bits per heavy atom. The van der Waals surface area contributed by atoms with Gasteiger partial charge in [0.2, 0.25) is 5.95 Å². The normalized spacial score (nSPS) is 26.5. The number of rotatable bonds is 5. The summed E-state index contributed by atoms with van der Waals surface area (Å²) in [5.74, 6) is 2.11. The number of hydrogen-bond donors (Lipinski definition) is 1. The summed E-state index contributed by atoms with van der Waals surface area (Å²) >= 11 is 0. The first-order valence-corrected chi connectivity index (χ1v) is 8.39. The molecule has 0 saturated heterocycles. The lowest BCUT2D eigenvalue weighted by Crippen LogP contribution is -2.27. The van der Waals surface area contributed by atoms with E-state index in [1.54, 1.807) is 13.1 Å². The lowest BCUT2D eigenvalue weighted by Gasteiger charge is -2.23. The molecule has 5 nitrogen and oxygen atoms in total. The van der Waals surface area contributed by atoms with E-state index in [0.29, 0.717) is 24.2 Å². The maximum atomic E-state index is 12.0.